The molecule has 162 valence electrons. The van der Waals surface area contributed by atoms with Crippen LogP contribution in [0, 0.1) is 0 Å². The Hall–Kier alpha value is -1.96. The maximum atomic E-state index is 12.5. The van der Waals surface area contributed by atoms with Crippen molar-refractivity contribution in [2.75, 3.05) is 40.5 Å². The number of nitrogens with one attached hydrogen (secondary N) is 1. The van der Waals surface area contributed by atoms with E-state index in [9.17, 15) is 14.7 Å². The third kappa shape index (κ3) is 6.52. The van der Waals surface area contributed by atoms with Gasteiger partial charge in [0.2, 0.25) is 11.8 Å². The number of methoxy groups -OCH3 is 1. The molecule has 1 aromatic carbocycles. The van der Waals surface area contributed by atoms with Gasteiger partial charge in [-0.15, -0.1) is 0 Å². The summed E-state index contributed by atoms with van der Waals surface area (Å²) in [6.45, 7) is 2.80. The van der Waals surface area contributed by atoms with Crippen LogP contribution in [0.5, 0.6) is 0 Å². The van der Waals surface area contributed by atoms with Crippen LogP contribution >= 0.6 is 0 Å². The lowest BCUT2D eigenvalue weighted by Crippen LogP contribution is -2.45. The SMILES string of the molecule is COCCOCC(=O)N(C)[C@H]1CC[C@@](CNC(C)=O)(c2ccccc2)CC[C@@H]1O. The standard InChI is InChI=1S/C22H34N2O5/c1-17(25)23-16-22(18-7-5-4-6-8-18)11-9-19(20(26)10-12-22)24(2)21(27)15-29-14-13-28-3/h4-8,19-20,26H,9-16H2,1-3H3,(H,23,25)/t19-,20-,22+/m0/s1. The third-order valence-corrected chi connectivity index (χ3v) is 5.89. The largest absolute Gasteiger partial charge is 0.391 e. The summed E-state index contributed by atoms with van der Waals surface area (Å²) in [5.41, 5.74) is 0.889. The summed E-state index contributed by atoms with van der Waals surface area (Å²) in [5.74, 6) is -0.221. The number of carbonyl (C=O) groups excluding carboxylic acids is 2. The summed E-state index contributed by atoms with van der Waals surface area (Å²) in [4.78, 5) is 25.7. The van der Waals surface area contributed by atoms with E-state index in [2.05, 4.69) is 17.4 Å². The lowest BCUT2D eigenvalue weighted by molar-refractivity contribution is -0.139. The van der Waals surface area contributed by atoms with E-state index >= 15 is 0 Å². The second-order valence-electron chi connectivity index (χ2n) is 7.82. The quantitative estimate of drug-likeness (QED) is 0.479. The fourth-order valence-electron chi connectivity index (χ4n) is 4.05. The van der Waals surface area contributed by atoms with E-state index in [1.165, 1.54) is 6.92 Å². The third-order valence-electron chi connectivity index (χ3n) is 5.89. The van der Waals surface area contributed by atoms with Crippen molar-refractivity contribution < 1.29 is 24.2 Å². The van der Waals surface area contributed by atoms with Gasteiger partial charge in [-0.05, 0) is 31.2 Å². The van der Waals surface area contributed by atoms with Crippen LogP contribution in [0.25, 0.3) is 0 Å². The summed E-state index contributed by atoms with van der Waals surface area (Å²) in [6.07, 6.45) is 2.09. The smallest absolute Gasteiger partial charge is 0.248 e. The Morgan fingerprint density at radius 1 is 1.21 bits per heavy atom. The Balaban J connectivity index is 2.11. The summed E-state index contributed by atoms with van der Waals surface area (Å²) in [6, 6.07) is 9.84. The van der Waals surface area contributed by atoms with Gasteiger partial charge < -0.3 is 24.8 Å². The molecule has 0 radical (unpaired) electrons. The van der Waals surface area contributed by atoms with Gasteiger partial charge in [0, 0.05) is 33.0 Å². The second-order valence-corrected chi connectivity index (χ2v) is 7.82. The fourth-order valence-corrected chi connectivity index (χ4v) is 4.05. The Morgan fingerprint density at radius 3 is 2.55 bits per heavy atom. The van der Waals surface area contributed by atoms with Crippen LogP contribution in [-0.2, 0) is 24.5 Å². The predicted octanol–water partition coefficient (Wildman–Crippen LogP) is 1.49. The van der Waals surface area contributed by atoms with Crippen LogP contribution in [0.4, 0.5) is 0 Å². The van der Waals surface area contributed by atoms with Gasteiger partial charge in [0.05, 0.1) is 25.4 Å². The molecule has 7 heteroatoms. The van der Waals surface area contributed by atoms with E-state index in [1.54, 1.807) is 19.1 Å². The number of ether oxygens (including phenoxy) is 2. The summed E-state index contributed by atoms with van der Waals surface area (Å²) in [5, 5.41) is 13.8. The number of hydrogen-bond acceptors (Lipinski definition) is 5. The normalized spacial score (nSPS) is 24.6. The van der Waals surface area contributed by atoms with Crippen molar-refractivity contribution >= 4 is 11.8 Å². The topological polar surface area (TPSA) is 88.1 Å². The number of rotatable bonds is 9. The van der Waals surface area contributed by atoms with Gasteiger partial charge in [0.1, 0.15) is 6.61 Å². The van der Waals surface area contributed by atoms with Crippen molar-refractivity contribution in [3.05, 3.63) is 35.9 Å². The van der Waals surface area contributed by atoms with Crippen LogP contribution in [0.15, 0.2) is 30.3 Å². The highest BCUT2D eigenvalue weighted by molar-refractivity contribution is 5.77. The first kappa shape index (κ1) is 23.3. The molecular formula is C22H34N2O5. The van der Waals surface area contributed by atoms with Gasteiger partial charge in [-0.2, -0.15) is 0 Å². The Morgan fingerprint density at radius 2 is 1.90 bits per heavy atom. The van der Waals surface area contributed by atoms with E-state index in [1.807, 2.05) is 18.2 Å². The van der Waals surface area contributed by atoms with Crippen molar-refractivity contribution in [3.8, 4) is 0 Å². The summed E-state index contributed by atoms with van der Waals surface area (Å²) < 4.78 is 10.3. The average molecular weight is 407 g/mol. The van der Waals surface area contributed by atoms with E-state index in [4.69, 9.17) is 9.47 Å². The van der Waals surface area contributed by atoms with E-state index in [0.717, 1.165) is 18.4 Å². The van der Waals surface area contributed by atoms with Gasteiger partial charge in [-0.25, -0.2) is 0 Å². The number of aliphatic hydroxyl groups excluding tert-OH is 1. The van der Waals surface area contributed by atoms with Gasteiger partial charge in [0.25, 0.3) is 0 Å². The van der Waals surface area contributed by atoms with Gasteiger partial charge in [-0.3, -0.25) is 9.59 Å². The van der Waals surface area contributed by atoms with Crippen LogP contribution in [0.3, 0.4) is 0 Å². The summed E-state index contributed by atoms with van der Waals surface area (Å²) >= 11 is 0. The molecule has 7 nitrogen and oxygen atoms in total. The molecule has 0 aliphatic heterocycles. The van der Waals surface area contributed by atoms with Crippen molar-refractivity contribution in [2.24, 2.45) is 0 Å². The molecule has 29 heavy (non-hydrogen) atoms. The molecule has 1 fully saturated rings. The van der Waals surface area contributed by atoms with Crippen molar-refractivity contribution in [2.45, 2.75) is 50.2 Å². The number of aliphatic hydroxyl groups is 1. The molecular weight excluding hydrogens is 372 g/mol. The maximum absolute atomic E-state index is 12.5. The zero-order valence-corrected chi connectivity index (χ0v) is 17.7. The molecule has 1 aliphatic carbocycles. The maximum Gasteiger partial charge on any atom is 0.248 e. The minimum Gasteiger partial charge on any atom is -0.391 e. The van der Waals surface area contributed by atoms with Gasteiger partial charge in [0.15, 0.2) is 0 Å². The first-order chi connectivity index (χ1) is 13.9. The number of amides is 2. The Bertz CT molecular complexity index is 654. The molecule has 0 heterocycles. The van der Waals surface area contributed by atoms with E-state index < -0.39 is 6.10 Å². The molecule has 0 unspecified atom stereocenters. The lowest BCUT2D eigenvalue weighted by atomic mass is 9.74. The zero-order valence-electron chi connectivity index (χ0n) is 17.7. The lowest BCUT2D eigenvalue weighted by Gasteiger charge is -2.34. The number of carbonyl (C=O) groups is 2. The van der Waals surface area contributed by atoms with Crippen molar-refractivity contribution in [1.29, 1.82) is 0 Å². The Kier molecular flexibility index (Phi) is 9.07. The molecule has 0 bridgehead atoms. The minimum atomic E-state index is -0.620. The number of likely N-dealkylation sites (N-methyl/N-ethyl adjacent to an activating group) is 1. The van der Waals surface area contributed by atoms with E-state index in [0.29, 0.717) is 32.6 Å². The monoisotopic (exact) mass is 406 g/mol. The highest BCUT2D eigenvalue weighted by atomic mass is 16.5. The molecule has 0 aromatic heterocycles. The zero-order chi connectivity index (χ0) is 21.3. The van der Waals surface area contributed by atoms with Crippen molar-refractivity contribution in [3.63, 3.8) is 0 Å². The number of hydrogen-bond donors (Lipinski definition) is 2. The van der Waals surface area contributed by atoms with Gasteiger partial charge >= 0.3 is 0 Å². The first-order valence-electron chi connectivity index (χ1n) is 10.2. The molecule has 2 amide bonds. The van der Waals surface area contributed by atoms with Gasteiger partial charge in [-0.1, -0.05) is 30.3 Å². The molecule has 0 saturated heterocycles. The molecule has 2 rings (SSSR count). The first-order valence-corrected chi connectivity index (χ1v) is 10.2. The second kappa shape index (κ2) is 11.3. The van der Waals surface area contributed by atoms with Crippen molar-refractivity contribution in [1.82, 2.24) is 10.2 Å². The van der Waals surface area contributed by atoms with E-state index in [-0.39, 0.29) is 29.9 Å². The Labute approximate surface area is 173 Å². The highest BCUT2D eigenvalue weighted by Gasteiger charge is 2.39. The van der Waals surface area contributed by atoms with Crippen LogP contribution in [0.1, 0.15) is 38.2 Å². The molecule has 1 saturated carbocycles. The molecule has 2 N–H and O–H groups in total. The minimum absolute atomic E-state index is 0.0290. The summed E-state index contributed by atoms with van der Waals surface area (Å²) in [7, 11) is 3.30. The molecule has 1 aliphatic rings. The highest BCUT2D eigenvalue weighted by Crippen LogP contribution is 2.39. The molecule has 1 aromatic rings. The fraction of sp³-hybridized carbons (Fsp3) is 0.636. The molecule has 0 spiro atoms. The van der Waals surface area contributed by atoms with Crippen LogP contribution in [-0.4, -0.2) is 74.5 Å². The number of nitrogens with zero attached hydrogens (tertiary/aromatic N) is 1. The predicted molar refractivity (Wildman–Crippen MR) is 111 cm³/mol. The average Bonchev–Trinajstić information content (AvgIpc) is 2.89. The number of benzene rings is 1. The molecule has 3 atom stereocenters. The van der Waals surface area contributed by atoms with Crippen LogP contribution < -0.4 is 5.32 Å². The van der Waals surface area contributed by atoms with Crippen LogP contribution in [0.2, 0.25) is 0 Å².